The van der Waals surface area contributed by atoms with Crippen LogP contribution in [0.5, 0.6) is 0 Å². The summed E-state index contributed by atoms with van der Waals surface area (Å²) >= 11 is 3.19. The third-order valence-electron chi connectivity index (χ3n) is 2.46. The molecule has 84 valence electrons. The van der Waals surface area contributed by atoms with Crippen LogP contribution in [0.25, 0.3) is 0 Å². The van der Waals surface area contributed by atoms with Gasteiger partial charge in [-0.25, -0.2) is 4.39 Å². The summed E-state index contributed by atoms with van der Waals surface area (Å²) in [4.78, 5) is 0. The lowest BCUT2D eigenvalue weighted by atomic mass is 10.0. The Morgan fingerprint density at radius 3 is 2.69 bits per heavy atom. The molecule has 16 heavy (non-hydrogen) atoms. The molecule has 1 unspecified atom stereocenters. The zero-order valence-corrected chi connectivity index (χ0v) is 10.3. The van der Waals surface area contributed by atoms with E-state index in [0.717, 1.165) is 0 Å². The van der Waals surface area contributed by atoms with Crippen LogP contribution in [0, 0.1) is 12.7 Å². The van der Waals surface area contributed by atoms with Crippen LogP contribution in [0.2, 0.25) is 0 Å². The van der Waals surface area contributed by atoms with Gasteiger partial charge in [0.2, 0.25) is 0 Å². The Hall–Kier alpha value is -1.13. The van der Waals surface area contributed by atoms with Crippen LogP contribution < -0.4 is 5.73 Å². The summed E-state index contributed by atoms with van der Waals surface area (Å²) in [6, 6.07) is 8.06. The quantitative estimate of drug-likeness (QED) is 0.916. The molecule has 2 rings (SSSR count). The van der Waals surface area contributed by atoms with Gasteiger partial charge < -0.3 is 10.2 Å². The van der Waals surface area contributed by atoms with Gasteiger partial charge in [0.1, 0.15) is 11.6 Å². The van der Waals surface area contributed by atoms with Crippen molar-refractivity contribution in [2.45, 2.75) is 13.0 Å². The maximum atomic E-state index is 13.8. The second-order valence-corrected chi connectivity index (χ2v) is 4.38. The van der Waals surface area contributed by atoms with Gasteiger partial charge in [0, 0.05) is 5.56 Å². The third-order valence-corrected chi connectivity index (χ3v) is 2.88. The maximum Gasteiger partial charge on any atom is 0.169 e. The van der Waals surface area contributed by atoms with Crippen LogP contribution in [-0.4, -0.2) is 0 Å². The fraction of sp³-hybridized carbons (Fsp3) is 0.167. The minimum absolute atomic E-state index is 0.275. The lowest BCUT2D eigenvalue weighted by Crippen LogP contribution is -2.13. The van der Waals surface area contributed by atoms with Crippen molar-refractivity contribution in [1.29, 1.82) is 0 Å². The van der Waals surface area contributed by atoms with Gasteiger partial charge in [-0.2, -0.15) is 0 Å². The second-order valence-electron chi connectivity index (χ2n) is 3.60. The van der Waals surface area contributed by atoms with Gasteiger partial charge in [0.25, 0.3) is 0 Å². The summed E-state index contributed by atoms with van der Waals surface area (Å²) in [5.41, 5.74) is 6.97. The summed E-state index contributed by atoms with van der Waals surface area (Å²) < 4.78 is 19.7. The zero-order valence-electron chi connectivity index (χ0n) is 8.71. The standard InChI is InChI=1S/C12H11BrFNO/c1-7-3-2-4-8(11(7)14)12(15)9-5-6-10(13)16-9/h2-6,12H,15H2,1H3. The third kappa shape index (κ3) is 2.03. The molecule has 0 fully saturated rings. The Labute approximate surface area is 101 Å². The van der Waals surface area contributed by atoms with E-state index in [1.54, 1.807) is 37.3 Å². The van der Waals surface area contributed by atoms with E-state index in [1.807, 2.05) is 0 Å². The molecule has 0 aliphatic heterocycles. The van der Waals surface area contributed by atoms with Crippen LogP contribution >= 0.6 is 15.9 Å². The summed E-state index contributed by atoms with van der Waals surface area (Å²) in [6.07, 6.45) is 0. The number of benzene rings is 1. The molecule has 1 aromatic carbocycles. The topological polar surface area (TPSA) is 39.2 Å². The van der Waals surface area contributed by atoms with Gasteiger partial charge in [-0.15, -0.1) is 0 Å². The van der Waals surface area contributed by atoms with Crippen molar-refractivity contribution in [2.24, 2.45) is 5.73 Å². The summed E-state index contributed by atoms with van der Waals surface area (Å²) in [7, 11) is 0. The van der Waals surface area contributed by atoms with Gasteiger partial charge >= 0.3 is 0 Å². The number of hydrogen-bond donors (Lipinski definition) is 1. The predicted octanol–water partition coefficient (Wildman–Crippen LogP) is 3.54. The van der Waals surface area contributed by atoms with E-state index in [0.29, 0.717) is 21.6 Å². The van der Waals surface area contributed by atoms with Crippen molar-refractivity contribution in [3.05, 3.63) is 57.7 Å². The van der Waals surface area contributed by atoms with Crippen molar-refractivity contribution in [3.63, 3.8) is 0 Å². The Kier molecular flexibility index (Phi) is 3.12. The van der Waals surface area contributed by atoms with E-state index in [9.17, 15) is 4.39 Å². The predicted molar refractivity (Wildman–Crippen MR) is 63.6 cm³/mol. The molecule has 0 aliphatic carbocycles. The molecule has 0 amide bonds. The van der Waals surface area contributed by atoms with Crippen LogP contribution in [0.3, 0.4) is 0 Å². The molecule has 1 heterocycles. The molecular weight excluding hydrogens is 273 g/mol. The van der Waals surface area contributed by atoms with E-state index in [1.165, 1.54) is 0 Å². The number of furan rings is 1. The molecule has 1 aromatic heterocycles. The molecule has 0 saturated heterocycles. The van der Waals surface area contributed by atoms with E-state index in [4.69, 9.17) is 10.2 Å². The first kappa shape index (κ1) is 11.4. The average molecular weight is 284 g/mol. The fourth-order valence-electron chi connectivity index (χ4n) is 1.56. The Morgan fingerprint density at radius 2 is 2.06 bits per heavy atom. The van der Waals surface area contributed by atoms with Crippen molar-refractivity contribution < 1.29 is 8.81 Å². The van der Waals surface area contributed by atoms with Gasteiger partial charge in [-0.05, 0) is 40.5 Å². The monoisotopic (exact) mass is 283 g/mol. The van der Waals surface area contributed by atoms with Crippen molar-refractivity contribution >= 4 is 15.9 Å². The average Bonchev–Trinajstić information content (AvgIpc) is 2.68. The Bertz CT molecular complexity index is 509. The molecule has 2 aromatic rings. The molecule has 0 radical (unpaired) electrons. The van der Waals surface area contributed by atoms with E-state index in [2.05, 4.69) is 15.9 Å². The highest BCUT2D eigenvalue weighted by atomic mass is 79.9. The molecule has 2 N–H and O–H groups in total. The minimum atomic E-state index is -0.578. The molecular formula is C12H11BrFNO. The smallest absolute Gasteiger partial charge is 0.169 e. The molecule has 0 bridgehead atoms. The van der Waals surface area contributed by atoms with Gasteiger partial charge in [-0.1, -0.05) is 18.2 Å². The largest absolute Gasteiger partial charge is 0.452 e. The highest BCUT2D eigenvalue weighted by Gasteiger charge is 2.17. The van der Waals surface area contributed by atoms with Crippen molar-refractivity contribution in [2.75, 3.05) is 0 Å². The highest BCUT2D eigenvalue weighted by Crippen LogP contribution is 2.26. The maximum absolute atomic E-state index is 13.8. The zero-order chi connectivity index (χ0) is 11.7. The van der Waals surface area contributed by atoms with Gasteiger partial charge in [0.15, 0.2) is 4.67 Å². The van der Waals surface area contributed by atoms with Crippen molar-refractivity contribution in [3.8, 4) is 0 Å². The van der Waals surface area contributed by atoms with E-state index >= 15 is 0 Å². The molecule has 1 atom stereocenters. The second kappa shape index (κ2) is 4.39. The van der Waals surface area contributed by atoms with Gasteiger partial charge in [0.05, 0.1) is 6.04 Å². The number of nitrogens with two attached hydrogens (primary N) is 1. The van der Waals surface area contributed by atoms with Crippen LogP contribution in [0.4, 0.5) is 4.39 Å². The molecule has 2 nitrogen and oxygen atoms in total. The first-order valence-electron chi connectivity index (χ1n) is 4.85. The molecule has 0 aliphatic rings. The minimum Gasteiger partial charge on any atom is -0.452 e. The molecule has 0 saturated carbocycles. The SMILES string of the molecule is Cc1cccc(C(N)c2ccc(Br)o2)c1F. The number of hydrogen-bond acceptors (Lipinski definition) is 2. The van der Waals surface area contributed by atoms with Gasteiger partial charge in [-0.3, -0.25) is 0 Å². The van der Waals surface area contributed by atoms with E-state index < -0.39 is 6.04 Å². The normalized spacial score (nSPS) is 12.8. The summed E-state index contributed by atoms with van der Waals surface area (Å²) in [5.74, 6) is 0.263. The summed E-state index contributed by atoms with van der Waals surface area (Å²) in [6.45, 7) is 1.71. The van der Waals surface area contributed by atoms with Crippen LogP contribution in [0.1, 0.15) is 22.9 Å². The first-order valence-corrected chi connectivity index (χ1v) is 5.64. The highest BCUT2D eigenvalue weighted by molar-refractivity contribution is 9.10. The number of aryl methyl sites for hydroxylation is 1. The van der Waals surface area contributed by atoms with Crippen LogP contribution in [0.15, 0.2) is 39.4 Å². The summed E-state index contributed by atoms with van der Waals surface area (Å²) in [5, 5.41) is 0. The number of halogens is 2. The Balaban J connectivity index is 2.41. The van der Waals surface area contributed by atoms with E-state index in [-0.39, 0.29) is 5.82 Å². The lowest BCUT2D eigenvalue weighted by molar-refractivity contribution is 0.462. The molecule has 0 spiro atoms. The molecule has 4 heteroatoms. The van der Waals surface area contributed by atoms with Crippen molar-refractivity contribution in [1.82, 2.24) is 0 Å². The van der Waals surface area contributed by atoms with Crippen LogP contribution in [-0.2, 0) is 0 Å². The first-order chi connectivity index (χ1) is 7.59. The lowest BCUT2D eigenvalue weighted by Gasteiger charge is -2.11. The Morgan fingerprint density at radius 1 is 1.31 bits per heavy atom. The number of rotatable bonds is 2. The fourth-order valence-corrected chi connectivity index (χ4v) is 1.88.